The molecule has 0 fully saturated rings. The van der Waals surface area contributed by atoms with Crippen molar-refractivity contribution in [1.29, 1.82) is 0 Å². The number of thiophene rings is 1. The number of hydrogen-bond donors (Lipinski definition) is 0. The van der Waals surface area contributed by atoms with Crippen molar-refractivity contribution < 1.29 is 14.3 Å². The van der Waals surface area contributed by atoms with Crippen LogP contribution in [0, 0.1) is 0 Å². The Bertz CT molecular complexity index is 591. The highest BCUT2D eigenvalue weighted by Gasteiger charge is 2.22. The summed E-state index contributed by atoms with van der Waals surface area (Å²) < 4.78 is 5.79. The summed E-state index contributed by atoms with van der Waals surface area (Å²) in [6.07, 6.45) is 0. The summed E-state index contributed by atoms with van der Waals surface area (Å²) in [5.41, 5.74) is 0.730. The van der Waals surface area contributed by atoms with Gasteiger partial charge in [0.1, 0.15) is 0 Å². The minimum atomic E-state index is -0.824. The van der Waals surface area contributed by atoms with Gasteiger partial charge in [-0.05, 0) is 13.0 Å². The molecule has 2 aromatic rings. The molecule has 1 aromatic carbocycles. The molecule has 0 aliphatic carbocycles. The fourth-order valence-corrected chi connectivity index (χ4v) is 2.64. The zero-order chi connectivity index (χ0) is 13.1. The number of hydrogen-bond acceptors (Lipinski definition) is 4. The molecule has 0 saturated carbocycles. The van der Waals surface area contributed by atoms with Crippen molar-refractivity contribution in [2.75, 3.05) is 18.6 Å². The number of rotatable bonds is 2. The van der Waals surface area contributed by atoms with E-state index in [1.807, 2.05) is 29.6 Å². The van der Waals surface area contributed by atoms with Crippen LogP contribution in [-0.4, -0.2) is 25.5 Å². The molecule has 0 N–H and O–H groups in total. The van der Waals surface area contributed by atoms with Gasteiger partial charge in [-0.2, -0.15) is 0 Å². The molecular weight excluding hydrogens is 250 g/mol. The van der Waals surface area contributed by atoms with Crippen molar-refractivity contribution in [3.05, 3.63) is 29.6 Å². The van der Waals surface area contributed by atoms with E-state index in [1.165, 1.54) is 16.2 Å². The maximum Gasteiger partial charge on any atom is 0.397 e. The van der Waals surface area contributed by atoms with Crippen LogP contribution in [0.1, 0.15) is 6.92 Å². The van der Waals surface area contributed by atoms with Gasteiger partial charge in [0.05, 0.1) is 12.3 Å². The van der Waals surface area contributed by atoms with Gasteiger partial charge >= 0.3 is 11.9 Å². The second-order valence-electron chi connectivity index (χ2n) is 3.70. The number of anilines is 1. The highest BCUT2D eigenvalue weighted by molar-refractivity contribution is 7.17. The molecule has 18 heavy (non-hydrogen) atoms. The standard InChI is InChI=1S/C13H13NO3S/c1-3-17-13(16)12(15)14(2)10-8-18-11-7-5-4-6-9(10)11/h4-8H,3H2,1-2H3. The first-order valence-corrected chi connectivity index (χ1v) is 6.44. The molecule has 1 aromatic heterocycles. The first-order valence-electron chi connectivity index (χ1n) is 5.56. The summed E-state index contributed by atoms with van der Waals surface area (Å²) in [7, 11) is 1.58. The van der Waals surface area contributed by atoms with Crippen molar-refractivity contribution in [1.82, 2.24) is 0 Å². The first-order chi connectivity index (χ1) is 8.65. The van der Waals surface area contributed by atoms with Crippen LogP contribution in [0.25, 0.3) is 10.1 Å². The van der Waals surface area contributed by atoms with E-state index in [9.17, 15) is 9.59 Å². The Balaban J connectivity index is 2.31. The molecule has 4 nitrogen and oxygen atoms in total. The van der Waals surface area contributed by atoms with Crippen LogP contribution in [0.15, 0.2) is 29.6 Å². The molecule has 0 spiro atoms. The van der Waals surface area contributed by atoms with Crippen molar-refractivity contribution in [2.24, 2.45) is 0 Å². The zero-order valence-corrected chi connectivity index (χ0v) is 11.0. The summed E-state index contributed by atoms with van der Waals surface area (Å²) >= 11 is 1.54. The smallest absolute Gasteiger partial charge is 0.397 e. The predicted molar refractivity (Wildman–Crippen MR) is 71.9 cm³/mol. The summed E-state index contributed by atoms with van der Waals surface area (Å²) in [5.74, 6) is -1.48. The van der Waals surface area contributed by atoms with Crippen molar-refractivity contribution >= 4 is 39.0 Å². The van der Waals surface area contributed by atoms with Crippen LogP contribution in [0.3, 0.4) is 0 Å². The number of carbonyl (C=O) groups is 2. The Morgan fingerprint density at radius 2 is 2.06 bits per heavy atom. The fraction of sp³-hybridized carbons (Fsp3) is 0.231. The van der Waals surface area contributed by atoms with Crippen LogP contribution < -0.4 is 4.90 Å². The number of amides is 1. The summed E-state index contributed by atoms with van der Waals surface area (Å²) in [6, 6.07) is 7.75. The highest BCUT2D eigenvalue weighted by atomic mass is 32.1. The number of fused-ring (bicyclic) bond motifs is 1. The van der Waals surface area contributed by atoms with Gasteiger partial charge in [-0.15, -0.1) is 11.3 Å². The Labute approximate surface area is 109 Å². The van der Waals surface area contributed by atoms with Crippen LogP contribution in [0.4, 0.5) is 5.69 Å². The van der Waals surface area contributed by atoms with E-state index in [2.05, 4.69) is 0 Å². The Morgan fingerprint density at radius 3 is 2.78 bits per heavy atom. The zero-order valence-electron chi connectivity index (χ0n) is 10.2. The molecule has 0 radical (unpaired) electrons. The predicted octanol–water partition coefficient (Wildman–Crippen LogP) is 2.43. The van der Waals surface area contributed by atoms with E-state index in [4.69, 9.17) is 4.74 Å². The van der Waals surface area contributed by atoms with E-state index < -0.39 is 11.9 Å². The minimum absolute atomic E-state index is 0.197. The van der Waals surface area contributed by atoms with Crippen molar-refractivity contribution in [2.45, 2.75) is 6.92 Å². The average molecular weight is 263 g/mol. The van der Waals surface area contributed by atoms with Crippen LogP contribution in [0.2, 0.25) is 0 Å². The quantitative estimate of drug-likeness (QED) is 0.617. The lowest BCUT2D eigenvalue weighted by Crippen LogP contribution is -2.34. The van der Waals surface area contributed by atoms with E-state index in [-0.39, 0.29) is 6.61 Å². The molecule has 0 atom stereocenters. The summed E-state index contributed by atoms with van der Waals surface area (Å²) in [4.78, 5) is 24.6. The van der Waals surface area contributed by atoms with E-state index >= 15 is 0 Å². The molecule has 2 rings (SSSR count). The monoisotopic (exact) mass is 263 g/mol. The number of benzene rings is 1. The van der Waals surface area contributed by atoms with Gasteiger partial charge in [-0.25, -0.2) is 4.79 Å². The van der Waals surface area contributed by atoms with Gasteiger partial charge in [0.25, 0.3) is 0 Å². The summed E-state index contributed by atoms with van der Waals surface area (Å²) in [6.45, 7) is 1.87. The van der Waals surface area contributed by atoms with Crippen LogP contribution in [-0.2, 0) is 14.3 Å². The third-order valence-corrected chi connectivity index (χ3v) is 3.53. The lowest BCUT2D eigenvalue weighted by atomic mass is 10.2. The first kappa shape index (κ1) is 12.6. The third-order valence-electron chi connectivity index (χ3n) is 2.58. The molecule has 0 bridgehead atoms. The largest absolute Gasteiger partial charge is 0.459 e. The van der Waals surface area contributed by atoms with E-state index in [0.717, 1.165) is 15.8 Å². The van der Waals surface area contributed by atoms with Crippen LogP contribution in [0.5, 0.6) is 0 Å². The number of likely N-dealkylation sites (N-methyl/N-ethyl adjacent to an activating group) is 1. The molecular formula is C13H13NO3S. The fourth-order valence-electron chi connectivity index (χ4n) is 1.66. The van der Waals surface area contributed by atoms with Gasteiger partial charge in [-0.3, -0.25) is 4.79 Å². The molecule has 0 unspecified atom stereocenters. The molecule has 1 heterocycles. The van der Waals surface area contributed by atoms with Gasteiger partial charge in [-0.1, -0.05) is 18.2 Å². The maximum absolute atomic E-state index is 11.8. The highest BCUT2D eigenvalue weighted by Crippen LogP contribution is 2.32. The van der Waals surface area contributed by atoms with Crippen LogP contribution >= 0.6 is 11.3 Å². The Hall–Kier alpha value is -1.88. The molecule has 0 aliphatic heterocycles. The van der Waals surface area contributed by atoms with Gasteiger partial charge in [0, 0.05) is 22.5 Å². The van der Waals surface area contributed by atoms with Crippen molar-refractivity contribution in [3.63, 3.8) is 0 Å². The lowest BCUT2D eigenvalue weighted by Gasteiger charge is -2.14. The Kier molecular flexibility index (Phi) is 3.62. The molecule has 94 valence electrons. The van der Waals surface area contributed by atoms with Gasteiger partial charge in [0.2, 0.25) is 0 Å². The second kappa shape index (κ2) is 5.18. The Morgan fingerprint density at radius 1 is 1.33 bits per heavy atom. The topological polar surface area (TPSA) is 46.6 Å². The molecule has 1 amide bonds. The number of carbonyl (C=O) groups excluding carboxylic acids is 2. The number of esters is 1. The average Bonchev–Trinajstić information content (AvgIpc) is 2.81. The van der Waals surface area contributed by atoms with E-state index in [0.29, 0.717) is 0 Å². The summed E-state index contributed by atoms with van der Waals surface area (Å²) in [5, 5.41) is 2.82. The normalized spacial score (nSPS) is 10.3. The number of nitrogens with zero attached hydrogens (tertiary/aromatic N) is 1. The van der Waals surface area contributed by atoms with Gasteiger partial charge in [0.15, 0.2) is 0 Å². The molecule has 0 saturated heterocycles. The molecule has 0 aliphatic rings. The SMILES string of the molecule is CCOC(=O)C(=O)N(C)c1csc2ccccc12. The second-order valence-corrected chi connectivity index (χ2v) is 4.61. The minimum Gasteiger partial charge on any atom is -0.459 e. The number of ether oxygens (including phenoxy) is 1. The van der Waals surface area contributed by atoms with Gasteiger partial charge < -0.3 is 9.64 Å². The van der Waals surface area contributed by atoms with E-state index in [1.54, 1.807) is 14.0 Å². The lowest BCUT2D eigenvalue weighted by molar-refractivity contribution is -0.153. The molecule has 5 heteroatoms. The third kappa shape index (κ3) is 2.22. The maximum atomic E-state index is 11.8. The van der Waals surface area contributed by atoms with Crippen molar-refractivity contribution in [3.8, 4) is 0 Å².